The van der Waals surface area contributed by atoms with Crippen LogP contribution in [0.1, 0.15) is 29.3 Å². The molecule has 0 N–H and O–H groups in total. The number of carbonyl (C=O) groups is 2. The Labute approximate surface area is 193 Å². The average Bonchev–Trinajstić information content (AvgIpc) is 3.26. The lowest BCUT2D eigenvalue weighted by Gasteiger charge is -2.29. The molecule has 2 atom stereocenters. The number of dihydropyridines is 1. The summed E-state index contributed by atoms with van der Waals surface area (Å²) in [5.74, 6) is -0.648. The molecule has 0 spiro atoms. The van der Waals surface area contributed by atoms with Gasteiger partial charge in [-0.1, -0.05) is 65.7 Å². The third-order valence-electron chi connectivity index (χ3n) is 5.64. The van der Waals surface area contributed by atoms with Gasteiger partial charge in [-0.15, -0.1) is 11.3 Å². The van der Waals surface area contributed by atoms with Gasteiger partial charge in [0.2, 0.25) is 0 Å². The van der Waals surface area contributed by atoms with E-state index in [1.54, 1.807) is 18.2 Å². The zero-order valence-electron chi connectivity index (χ0n) is 16.2. The molecule has 5 rings (SSSR count). The number of carbonyl (C=O) groups excluding carboxylic acids is 2. The van der Waals surface area contributed by atoms with Crippen LogP contribution in [0.4, 0.5) is 0 Å². The average molecular weight is 467 g/mol. The molecule has 7 heteroatoms. The molecule has 2 heterocycles. The summed E-state index contributed by atoms with van der Waals surface area (Å²) in [7, 11) is 0. The number of halogens is 2. The predicted molar refractivity (Wildman–Crippen MR) is 125 cm³/mol. The van der Waals surface area contributed by atoms with Crippen molar-refractivity contribution in [3.8, 4) is 11.3 Å². The van der Waals surface area contributed by atoms with Crippen LogP contribution >= 0.6 is 34.5 Å². The maximum Gasteiger partial charge on any atom is 0.279 e. The summed E-state index contributed by atoms with van der Waals surface area (Å²) in [6.07, 6.45) is 2.80. The molecule has 1 aliphatic heterocycles. The molecule has 1 amide bonds. The second-order valence-corrected chi connectivity index (χ2v) is 9.29. The first-order valence-corrected chi connectivity index (χ1v) is 11.5. The van der Waals surface area contributed by atoms with Crippen LogP contribution in [0.15, 0.2) is 65.0 Å². The molecule has 1 aromatic heterocycles. The Morgan fingerprint density at radius 2 is 1.77 bits per heavy atom. The zero-order chi connectivity index (χ0) is 21.5. The number of allylic oxidation sites excluding steroid dienone is 1. The number of fused-ring (bicyclic) bond motifs is 1. The van der Waals surface area contributed by atoms with Gasteiger partial charge >= 0.3 is 0 Å². The van der Waals surface area contributed by atoms with Crippen molar-refractivity contribution in [1.29, 1.82) is 0 Å². The molecule has 2 aliphatic rings. The predicted octanol–water partition coefficient (Wildman–Crippen LogP) is 6.24. The van der Waals surface area contributed by atoms with E-state index in [0.29, 0.717) is 44.9 Å². The number of Topliss-reactive ketones (excluding diaryl/α,β-unsaturated/α-hetero) is 1. The van der Waals surface area contributed by atoms with Gasteiger partial charge in [-0.25, -0.2) is 9.98 Å². The summed E-state index contributed by atoms with van der Waals surface area (Å²) >= 11 is 13.5. The maximum atomic E-state index is 12.9. The van der Waals surface area contributed by atoms with E-state index in [-0.39, 0.29) is 17.6 Å². The van der Waals surface area contributed by atoms with Gasteiger partial charge in [0.15, 0.2) is 0 Å². The number of benzene rings is 2. The lowest BCUT2D eigenvalue weighted by molar-refractivity contribution is -0.120. The number of aromatic nitrogens is 1. The number of thiazole rings is 1. The Hall–Kier alpha value is -2.60. The van der Waals surface area contributed by atoms with Gasteiger partial charge in [0.1, 0.15) is 10.8 Å². The van der Waals surface area contributed by atoms with E-state index in [2.05, 4.69) is 9.98 Å². The molecule has 31 heavy (non-hydrogen) atoms. The standard InChI is InChI=1S/C24H16Cl2N2O2S/c25-18-7-6-14(8-19(18)26)21-12-31-24(28-21)17-11-16-20(27-23(17)30)9-15(10-22(16)29)13-4-2-1-3-5-13/h1-8,11-12,15-16H,9-10H2. The van der Waals surface area contributed by atoms with Crippen molar-refractivity contribution in [1.82, 2.24) is 4.98 Å². The van der Waals surface area contributed by atoms with Crippen LogP contribution in [0.3, 0.4) is 0 Å². The van der Waals surface area contributed by atoms with Crippen LogP contribution in [0.2, 0.25) is 10.0 Å². The number of hydrogen-bond donors (Lipinski definition) is 0. The number of rotatable bonds is 3. The van der Waals surface area contributed by atoms with Crippen molar-refractivity contribution >= 4 is 57.5 Å². The van der Waals surface area contributed by atoms with Gasteiger partial charge in [-0.05, 0) is 30.0 Å². The number of nitrogens with zero attached hydrogens (tertiary/aromatic N) is 2. The van der Waals surface area contributed by atoms with E-state index in [1.165, 1.54) is 11.3 Å². The fraction of sp³-hybridized carbons (Fsp3) is 0.167. The van der Waals surface area contributed by atoms with E-state index >= 15 is 0 Å². The molecule has 0 radical (unpaired) electrons. The third-order valence-corrected chi connectivity index (χ3v) is 7.25. The number of ketones is 1. The van der Waals surface area contributed by atoms with Crippen molar-refractivity contribution in [2.24, 2.45) is 10.9 Å². The highest BCUT2D eigenvalue weighted by Gasteiger charge is 2.37. The molecule has 2 unspecified atom stereocenters. The normalized spacial score (nSPS) is 20.8. The molecular weight excluding hydrogens is 451 g/mol. The Morgan fingerprint density at radius 1 is 0.968 bits per heavy atom. The summed E-state index contributed by atoms with van der Waals surface area (Å²) < 4.78 is 0. The number of amides is 1. The molecule has 0 saturated heterocycles. The van der Waals surface area contributed by atoms with Gasteiger partial charge in [-0.2, -0.15) is 0 Å². The number of aliphatic imine (C=N–C) groups is 1. The number of hydrogen-bond acceptors (Lipinski definition) is 4. The van der Waals surface area contributed by atoms with E-state index in [9.17, 15) is 9.59 Å². The van der Waals surface area contributed by atoms with Crippen molar-refractivity contribution in [2.75, 3.05) is 0 Å². The minimum atomic E-state index is -0.454. The topological polar surface area (TPSA) is 59.4 Å². The molecular formula is C24H16Cl2N2O2S. The fourth-order valence-electron chi connectivity index (χ4n) is 4.05. The second kappa shape index (κ2) is 8.15. The van der Waals surface area contributed by atoms with Crippen LogP contribution in [-0.2, 0) is 9.59 Å². The van der Waals surface area contributed by atoms with Gasteiger partial charge in [0.25, 0.3) is 5.91 Å². The van der Waals surface area contributed by atoms with Crippen LogP contribution in [0, 0.1) is 5.92 Å². The molecule has 1 saturated carbocycles. The monoisotopic (exact) mass is 466 g/mol. The Kier molecular flexibility index (Phi) is 5.34. The molecule has 154 valence electrons. The fourth-order valence-corrected chi connectivity index (χ4v) is 5.19. The van der Waals surface area contributed by atoms with Crippen LogP contribution in [-0.4, -0.2) is 22.4 Å². The zero-order valence-corrected chi connectivity index (χ0v) is 18.5. The summed E-state index contributed by atoms with van der Waals surface area (Å²) in [4.78, 5) is 34.6. The summed E-state index contributed by atoms with van der Waals surface area (Å²) in [5, 5.41) is 3.32. The minimum absolute atomic E-state index is 0.0626. The van der Waals surface area contributed by atoms with E-state index in [0.717, 1.165) is 11.1 Å². The molecule has 3 aromatic rings. The van der Waals surface area contributed by atoms with Crippen molar-refractivity contribution in [2.45, 2.75) is 18.8 Å². The second-order valence-electron chi connectivity index (χ2n) is 7.62. The first-order valence-electron chi connectivity index (χ1n) is 9.82. The van der Waals surface area contributed by atoms with Crippen LogP contribution < -0.4 is 0 Å². The van der Waals surface area contributed by atoms with Crippen LogP contribution in [0.25, 0.3) is 16.8 Å². The highest BCUT2D eigenvalue weighted by atomic mass is 35.5. The molecule has 2 aromatic carbocycles. The SMILES string of the molecule is O=C1N=C2CC(c3ccccc3)CC(=O)C2C=C1c1nc(-c2ccc(Cl)c(Cl)c2)cs1. The summed E-state index contributed by atoms with van der Waals surface area (Å²) in [6, 6.07) is 15.2. The smallest absolute Gasteiger partial charge is 0.279 e. The van der Waals surface area contributed by atoms with Crippen molar-refractivity contribution < 1.29 is 9.59 Å². The quantitative estimate of drug-likeness (QED) is 0.458. The van der Waals surface area contributed by atoms with Crippen molar-refractivity contribution in [3.05, 3.63) is 80.6 Å². The summed E-state index contributed by atoms with van der Waals surface area (Å²) in [5.41, 5.74) is 3.65. The highest BCUT2D eigenvalue weighted by Crippen LogP contribution is 2.38. The molecule has 1 fully saturated rings. The Morgan fingerprint density at radius 3 is 2.55 bits per heavy atom. The first kappa shape index (κ1) is 20.3. The summed E-state index contributed by atoms with van der Waals surface area (Å²) in [6.45, 7) is 0. The van der Waals surface area contributed by atoms with Gasteiger partial charge in [0.05, 0.1) is 27.2 Å². The van der Waals surface area contributed by atoms with E-state index < -0.39 is 5.92 Å². The lowest BCUT2D eigenvalue weighted by Crippen LogP contribution is -2.34. The minimum Gasteiger partial charge on any atom is -0.299 e. The van der Waals surface area contributed by atoms with Gasteiger partial charge in [0, 0.05) is 23.1 Å². The van der Waals surface area contributed by atoms with Gasteiger partial charge < -0.3 is 0 Å². The first-order chi connectivity index (χ1) is 15.0. The molecule has 1 aliphatic carbocycles. The molecule has 0 bridgehead atoms. The van der Waals surface area contributed by atoms with Crippen LogP contribution in [0.5, 0.6) is 0 Å². The van der Waals surface area contributed by atoms with E-state index in [4.69, 9.17) is 23.2 Å². The maximum absolute atomic E-state index is 12.9. The molecule has 4 nitrogen and oxygen atoms in total. The highest BCUT2D eigenvalue weighted by molar-refractivity contribution is 7.11. The van der Waals surface area contributed by atoms with Gasteiger partial charge in [-0.3, -0.25) is 9.59 Å². The van der Waals surface area contributed by atoms with Crippen molar-refractivity contribution in [3.63, 3.8) is 0 Å². The lowest BCUT2D eigenvalue weighted by atomic mass is 9.75. The largest absolute Gasteiger partial charge is 0.299 e. The van der Waals surface area contributed by atoms with E-state index in [1.807, 2.05) is 41.8 Å². The Bertz CT molecular complexity index is 1260. The third kappa shape index (κ3) is 3.89. The Balaban J connectivity index is 1.42.